The topological polar surface area (TPSA) is 17.1 Å². The monoisotopic (exact) mass is 258 g/mol. The minimum Gasteiger partial charge on any atom is -0.299 e. The summed E-state index contributed by atoms with van der Waals surface area (Å²) in [6.07, 6.45) is 7.08. The van der Waals surface area contributed by atoms with Crippen molar-refractivity contribution >= 4 is 17.4 Å². The van der Waals surface area contributed by atoms with E-state index in [9.17, 15) is 4.79 Å². The average Bonchev–Trinajstić information content (AvgIpc) is 2.95. The van der Waals surface area contributed by atoms with E-state index in [0.29, 0.717) is 18.1 Å². The third-order valence-electron chi connectivity index (χ3n) is 5.07. The molecule has 0 heterocycles. The van der Waals surface area contributed by atoms with Gasteiger partial charge in [-0.05, 0) is 54.9 Å². The molecule has 0 N–H and O–H groups in total. The Morgan fingerprint density at radius 3 is 2.89 bits per heavy atom. The van der Waals surface area contributed by atoms with Crippen LogP contribution in [0.25, 0.3) is 0 Å². The highest BCUT2D eigenvalue weighted by Gasteiger charge is 2.54. The number of carbonyl (C=O) groups is 1. The Morgan fingerprint density at radius 2 is 2.17 bits per heavy atom. The fourth-order valence-corrected chi connectivity index (χ4v) is 4.48. The molecule has 4 rings (SSSR count). The van der Waals surface area contributed by atoms with Gasteiger partial charge in [0.25, 0.3) is 0 Å². The second-order valence-corrected chi connectivity index (χ2v) is 6.31. The quantitative estimate of drug-likeness (QED) is 0.647. The van der Waals surface area contributed by atoms with E-state index in [0.717, 1.165) is 30.7 Å². The Hall–Kier alpha value is -1.08. The van der Waals surface area contributed by atoms with Gasteiger partial charge >= 0.3 is 0 Å². The number of ketones is 1. The second kappa shape index (κ2) is 3.48. The van der Waals surface area contributed by atoms with Gasteiger partial charge in [-0.2, -0.15) is 0 Å². The summed E-state index contributed by atoms with van der Waals surface area (Å²) in [5.74, 6) is 0.977. The van der Waals surface area contributed by atoms with Gasteiger partial charge in [-0.3, -0.25) is 4.79 Å². The molecular weight excluding hydrogens is 244 g/mol. The number of halogens is 1. The molecule has 1 nitrogen and oxygen atoms in total. The van der Waals surface area contributed by atoms with Gasteiger partial charge in [-0.25, -0.2) is 0 Å². The highest BCUT2D eigenvalue weighted by atomic mass is 35.5. The Bertz CT molecular complexity index is 587. The van der Waals surface area contributed by atoms with E-state index in [1.165, 1.54) is 16.7 Å². The molecule has 2 bridgehead atoms. The smallest absolute Gasteiger partial charge is 0.144 e. The summed E-state index contributed by atoms with van der Waals surface area (Å²) in [7, 11) is 0. The molecular formula is C16H15ClO. The molecule has 0 radical (unpaired) electrons. The maximum absolute atomic E-state index is 12.6. The van der Waals surface area contributed by atoms with Crippen molar-refractivity contribution in [1.29, 1.82) is 0 Å². The molecule has 0 saturated heterocycles. The molecule has 3 aliphatic carbocycles. The number of carbonyl (C=O) groups excluding carboxylic acids is 1. The van der Waals surface area contributed by atoms with Crippen LogP contribution in [0.2, 0.25) is 5.02 Å². The lowest BCUT2D eigenvalue weighted by Crippen LogP contribution is -2.43. The zero-order chi connectivity index (χ0) is 12.3. The van der Waals surface area contributed by atoms with E-state index in [-0.39, 0.29) is 5.41 Å². The summed E-state index contributed by atoms with van der Waals surface area (Å²) in [6, 6.07) is 6.11. The molecule has 92 valence electrons. The van der Waals surface area contributed by atoms with Crippen LogP contribution in [-0.2, 0) is 16.6 Å². The summed E-state index contributed by atoms with van der Waals surface area (Å²) in [5, 5.41) is 0.792. The lowest BCUT2D eigenvalue weighted by atomic mass is 9.62. The van der Waals surface area contributed by atoms with Crippen LogP contribution in [0.15, 0.2) is 29.8 Å². The molecule has 1 fully saturated rings. The molecule has 1 spiro atoms. The summed E-state index contributed by atoms with van der Waals surface area (Å²) in [6.45, 7) is 0. The van der Waals surface area contributed by atoms with Gasteiger partial charge in [0, 0.05) is 11.4 Å². The van der Waals surface area contributed by atoms with Crippen molar-refractivity contribution in [3.05, 3.63) is 46.0 Å². The fourth-order valence-electron chi connectivity index (χ4n) is 4.28. The van der Waals surface area contributed by atoms with E-state index in [4.69, 9.17) is 11.6 Å². The van der Waals surface area contributed by atoms with Gasteiger partial charge in [0.1, 0.15) is 5.78 Å². The van der Waals surface area contributed by atoms with Crippen molar-refractivity contribution in [1.82, 2.24) is 0 Å². The number of hydrogen-bond acceptors (Lipinski definition) is 1. The lowest BCUT2D eigenvalue weighted by Gasteiger charge is -2.40. The Kier molecular flexibility index (Phi) is 2.09. The molecule has 0 aromatic heterocycles. The fraction of sp³-hybridized carbons (Fsp3) is 0.438. The van der Waals surface area contributed by atoms with Gasteiger partial charge < -0.3 is 0 Å². The van der Waals surface area contributed by atoms with Crippen LogP contribution in [-0.4, -0.2) is 5.78 Å². The molecule has 0 amide bonds. The van der Waals surface area contributed by atoms with Crippen molar-refractivity contribution in [2.45, 2.75) is 37.5 Å². The van der Waals surface area contributed by atoms with Crippen LogP contribution in [0.4, 0.5) is 0 Å². The van der Waals surface area contributed by atoms with E-state index >= 15 is 0 Å². The highest BCUT2D eigenvalue weighted by molar-refractivity contribution is 6.30. The molecule has 2 heteroatoms. The number of Topliss-reactive ketones (excluding diaryl/α,β-unsaturated/α-hetero) is 1. The van der Waals surface area contributed by atoms with Crippen LogP contribution in [0.3, 0.4) is 0 Å². The maximum atomic E-state index is 12.6. The van der Waals surface area contributed by atoms with Gasteiger partial charge in [0.15, 0.2) is 0 Å². The largest absolute Gasteiger partial charge is 0.299 e. The summed E-state index contributed by atoms with van der Waals surface area (Å²) in [4.78, 5) is 12.6. The first-order valence-corrected chi connectivity index (χ1v) is 7.08. The SMILES string of the molecule is O=C1CCc2cc(Cl)ccc2C12CC1=CCC2C1. The molecule has 2 atom stereocenters. The number of hydrogen-bond donors (Lipinski definition) is 0. The summed E-state index contributed by atoms with van der Waals surface area (Å²) < 4.78 is 0. The average molecular weight is 259 g/mol. The van der Waals surface area contributed by atoms with Crippen molar-refractivity contribution < 1.29 is 4.79 Å². The summed E-state index contributed by atoms with van der Waals surface area (Å²) in [5.41, 5.74) is 3.88. The number of allylic oxidation sites excluding steroid dienone is 2. The first-order valence-electron chi connectivity index (χ1n) is 6.70. The van der Waals surface area contributed by atoms with Gasteiger partial charge in [0.05, 0.1) is 5.41 Å². The highest BCUT2D eigenvalue weighted by Crippen LogP contribution is 2.57. The van der Waals surface area contributed by atoms with Crippen molar-refractivity contribution in [3.63, 3.8) is 0 Å². The Balaban J connectivity index is 1.94. The Labute approximate surface area is 112 Å². The van der Waals surface area contributed by atoms with Gasteiger partial charge in [-0.15, -0.1) is 0 Å². The molecule has 1 aromatic rings. The molecule has 3 aliphatic rings. The van der Waals surface area contributed by atoms with Crippen molar-refractivity contribution in [2.24, 2.45) is 5.92 Å². The standard InChI is InChI=1S/C16H15ClO/c17-13-4-5-14-11(8-13)2-6-15(18)16(14)9-10-1-3-12(16)7-10/h1,4-5,8,12H,2-3,6-7,9H2. The summed E-state index contributed by atoms with van der Waals surface area (Å²) >= 11 is 6.09. The molecule has 1 saturated carbocycles. The minimum atomic E-state index is -0.192. The molecule has 18 heavy (non-hydrogen) atoms. The number of rotatable bonds is 0. The number of aryl methyl sites for hydroxylation is 1. The lowest BCUT2D eigenvalue weighted by molar-refractivity contribution is -0.126. The Morgan fingerprint density at radius 1 is 1.28 bits per heavy atom. The number of benzene rings is 1. The van der Waals surface area contributed by atoms with E-state index in [2.05, 4.69) is 18.2 Å². The van der Waals surface area contributed by atoms with E-state index in [1.54, 1.807) is 0 Å². The van der Waals surface area contributed by atoms with Crippen LogP contribution >= 0.6 is 11.6 Å². The maximum Gasteiger partial charge on any atom is 0.144 e. The van der Waals surface area contributed by atoms with Crippen molar-refractivity contribution in [3.8, 4) is 0 Å². The van der Waals surface area contributed by atoms with E-state index in [1.807, 2.05) is 6.07 Å². The first-order chi connectivity index (χ1) is 8.70. The third kappa shape index (κ3) is 1.21. The molecule has 1 aromatic carbocycles. The molecule has 2 unspecified atom stereocenters. The van der Waals surface area contributed by atoms with Crippen LogP contribution < -0.4 is 0 Å². The van der Waals surface area contributed by atoms with Crippen LogP contribution in [0, 0.1) is 5.92 Å². The van der Waals surface area contributed by atoms with Gasteiger partial charge in [0.2, 0.25) is 0 Å². The second-order valence-electron chi connectivity index (χ2n) is 5.87. The van der Waals surface area contributed by atoms with E-state index < -0.39 is 0 Å². The normalized spacial score (nSPS) is 32.8. The molecule has 0 aliphatic heterocycles. The third-order valence-corrected chi connectivity index (χ3v) is 5.30. The number of fused-ring (bicyclic) bond motifs is 5. The van der Waals surface area contributed by atoms with Crippen LogP contribution in [0.1, 0.15) is 36.8 Å². The van der Waals surface area contributed by atoms with Crippen LogP contribution in [0.5, 0.6) is 0 Å². The predicted octanol–water partition coefficient (Wildman–Crippen LogP) is 3.83. The van der Waals surface area contributed by atoms with Crippen molar-refractivity contribution in [2.75, 3.05) is 0 Å². The van der Waals surface area contributed by atoms with Gasteiger partial charge in [-0.1, -0.05) is 29.3 Å². The minimum absolute atomic E-state index is 0.192. The first kappa shape index (κ1) is 10.8. The predicted molar refractivity (Wildman–Crippen MR) is 71.9 cm³/mol. The zero-order valence-corrected chi connectivity index (χ0v) is 11.0. The zero-order valence-electron chi connectivity index (χ0n) is 10.2.